The third-order valence-electron chi connectivity index (χ3n) is 3.42. The maximum Gasteiger partial charge on any atom is 0.310 e. The van der Waals surface area contributed by atoms with Crippen molar-refractivity contribution in [2.45, 2.75) is 31.1 Å². The van der Waals surface area contributed by atoms with E-state index in [0.29, 0.717) is 17.7 Å². The molecule has 0 saturated carbocycles. The van der Waals surface area contributed by atoms with Crippen LogP contribution < -0.4 is 0 Å². The Labute approximate surface area is 138 Å². The van der Waals surface area contributed by atoms with E-state index in [4.69, 9.17) is 0 Å². The van der Waals surface area contributed by atoms with Crippen molar-refractivity contribution < 1.29 is 19.4 Å². The molecule has 0 amide bonds. The lowest BCUT2D eigenvalue weighted by atomic mass is 10.1. The summed E-state index contributed by atoms with van der Waals surface area (Å²) in [6.07, 6.45) is 3.19. The molecule has 0 saturated heterocycles. The summed E-state index contributed by atoms with van der Waals surface area (Å²) in [5.41, 5.74) is 2.16. The Kier molecular flexibility index (Phi) is 4.45. The fourth-order valence-corrected chi connectivity index (χ4v) is 2.73. The summed E-state index contributed by atoms with van der Waals surface area (Å²) in [7, 11) is -9.61. The summed E-state index contributed by atoms with van der Waals surface area (Å²) >= 11 is 0. The summed E-state index contributed by atoms with van der Waals surface area (Å²) in [6, 6.07) is 10.2. The van der Waals surface area contributed by atoms with Gasteiger partial charge in [-0.3, -0.25) is 0 Å². The Morgan fingerprint density at radius 2 is 1.21 bits per heavy atom. The molecule has 0 aliphatic heterocycles. The number of aryl methyl sites for hydroxylation is 1. The van der Waals surface area contributed by atoms with E-state index in [-0.39, 0.29) is 5.56 Å². The largest absolute Gasteiger partial charge is 0.310 e. The van der Waals surface area contributed by atoms with Crippen LogP contribution in [0.3, 0.4) is 0 Å². The molecule has 2 aromatic rings. The van der Waals surface area contributed by atoms with Crippen LogP contribution in [-0.4, -0.2) is 0 Å². The van der Waals surface area contributed by atoms with Gasteiger partial charge in [0.25, 0.3) is 0 Å². The molecule has 0 atom stereocenters. The summed E-state index contributed by atoms with van der Waals surface area (Å²) in [5.74, 6) is 5.49. The second-order valence-corrected chi connectivity index (χ2v) is 7.95. The summed E-state index contributed by atoms with van der Waals surface area (Å²) < 4.78 is 63.1. The van der Waals surface area contributed by atoms with Gasteiger partial charge in [0, 0.05) is 11.1 Å². The van der Waals surface area contributed by atoms with Crippen molar-refractivity contribution in [1.82, 2.24) is 0 Å². The molecular formula is C18H17F5S. The molecule has 24 heavy (non-hydrogen) atoms. The van der Waals surface area contributed by atoms with E-state index in [2.05, 4.69) is 18.8 Å². The van der Waals surface area contributed by atoms with Gasteiger partial charge in [0.15, 0.2) is 0 Å². The Hall–Kier alpha value is -2.00. The lowest BCUT2D eigenvalue weighted by Crippen LogP contribution is -2.05. The molecule has 0 unspecified atom stereocenters. The molecule has 0 bridgehead atoms. The van der Waals surface area contributed by atoms with Gasteiger partial charge in [0.05, 0.1) is 0 Å². The van der Waals surface area contributed by atoms with Crippen molar-refractivity contribution in [2.75, 3.05) is 0 Å². The van der Waals surface area contributed by atoms with Gasteiger partial charge in [-0.05, 0) is 54.8 Å². The highest BCUT2D eigenvalue weighted by atomic mass is 32.5. The van der Waals surface area contributed by atoms with Gasteiger partial charge in [0.2, 0.25) is 0 Å². The SMILES string of the molecule is CCCCc1ccc(C#Cc2ccc(S(F)(F)(F)(F)F)cc2)cc1. The quantitative estimate of drug-likeness (QED) is 0.403. The normalized spacial score (nSPS) is 14.2. The first-order valence-electron chi connectivity index (χ1n) is 7.43. The lowest BCUT2D eigenvalue weighted by molar-refractivity contribution is 0.364. The third-order valence-corrected chi connectivity index (χ3v) is 4.59. The zero-order chi connectivity index (χ0) is 17.9. The maximum absolute atomic E-state index is 12.6. The Balaban J connectivity index is 2.14. The maximum atomic E-state index is 12.6. The van der Waals surface area contributed by atoms with Crippen LogP contribution in [0.5, 0.6) is 0 Å². The molecule has 0 radical (unpaired) electrons. The molecule has 0 nitrogen and oxygen atoms in total. The topological polar surface area (TPSA) is 0 Å². The molecule has 0 aliphatic rings. The molecule has 130 valence electrons. The van der Waals surface area contributed by atoms with Gasteiger partial charge in [-0.25, -0.2) is 0 Å². The highest BCUT2D eigenvalue weighted by Gasteiger charge is 2.65. The predicted octanol–water partition coefficient (Wildman–Crippen LogP) is 7.09. The molecule has 2 rings (SSSR count). The average molecular weight is 360 g/mol. The van der Waals surface area contributed by atoms with Crippen LogP contribution in [0.4, 0.5) is 19.4 Å². The molecule has 0 fully saturated rings. The molecule has 2 aromatic carbocycles. The molecule has 0 spiro atoms. The number of halogens is 5. The predicted molar refractivity (Wildman–Crippen MR) is 88.9 cm³/mol. The molecule has 0 aromatic heterocycles. The second-order valence-electron chi connectivity index (χ2n) is 5.54. The van der Waals surface area contributed by atoms with Crippen molar-refractivity contribution in [3.63, 3.8) is 0 Å². The summed E-state index contributed by atoms with van der Waals surface area (Å²) in [6.45, 7) is 2.11. The summed E-state index contributed by atoms with van der Waals surface area (Å²) in [5, 5.41) is 0. The van der Waals surface area contributed by atoms with E-state index >= 15 is 0 Å². The van der Waals surface area contributed by atoms with E-state index in [1.54, 1.807) is 0 Å². The van der Waals surface area contributed by atoms with Crippen LogP contribution in [0.2, 0.25) is 0 Å². The van der Waals surface area contributed by atoms with Crippen LogP contribution in [0.1, 0.15) is 36.5 Å². The minimum Gasteiger partial charge on any atom is -0.0936 e. The van der Waals surface area contributed by atoms with Crippen LogP contribution >= 0.6 is 10.2 Å². The minimum atomic E-state index is -9.61. The van der Waals surface area contributed by atoms with Gasteiger partial charge in [-0.15, -0.1) is 0 Å². The van der Waals surface area contributed by atoms with Crippen molar-refractivity contribution in [3.8, 4) is 11.8 Å². The van der Waals surface area contributed by atoms with Crippen molar-refractivity contribution in [2.24, 2.45) is 0 Å². The third kappa shape index (κ3) is 5.27. The van der Waals surface area contributed by atoms with Crippen LogP contribution in [-0.2, 0) is 6.42 Å². The van der Waals surface area contributed by atoms with Gasteiger partial charge < -0.3 is 0 Å². The van der Waals surface area contributed by atoms with Gasteiger partial charge in [-0.1, -0.05) is 56.7 Å². The minimum absolute atomic E-state index is 0.246. The Bertz CT molecular complexity index is 763. The van der Waals surface area contributed by atoms with Gasteiger partial charge in [0.1, 0.15) is 4.90 Å². The fraction of sp³-hybridized carbons (Fsp3) is 0.222. The Morgan fingerprint density at radius 1 is 0.750 bits per heavy atom. The standard InChI is InChI=1S/C18H17F5S/c1-2-3-4-15-5-7-16(8-6-15)9-10-17-11-13-18(14-12-17)24(19,20,21,22)23/h5-8,11-14H,2-4H2,1H3. The van der Waals surface area contributed by atoms with Crippen molar-refractivity contribution in [3.05, 3.63) is 65.2 Å². The van der Waals surface area contributed by atoms with Crippen molar-refractivity contribution in [1.29, 1.82) is 0 Å². The van der Waals surface area contributed by atoms with Crippen LogP contribution in [0.15, 0.2) is 53.4 Å². The number of hydrogen-bond donors (Lipinski definition) is 0. The molecule has 0 N–H and O–H groups in total. The first kappa shape index (κ1) is 18.3. The number of unbranched alkanes of at least 4 members (excludes halogenated alkanes) is 1. The van der Waals surface area contributed by atoms with Gasteiger partial charge >= 0.3 is 10.2 Å². The zero-order valence-corrected chi connectivity index (χ0v) is 13.9. The first-order chi connectivity index (χ1) is 11.0. The van der Waals surface area contributed by atoms with Crippen LogP contribution in [0.25, 0.3) is 0 Å². The number of hydrogen-bond acceptors (Lipinski definition) is 0. The molecule has 0 aliphatic carbocycles. The van der Waals surface area contributed by atoms with E-state index in [1.165, 1.54) is 5.56 Å². The molecule has 6 heteroatoms. The lowest BCUT2D eigenvalue weighted by Gasteiger charge is -2.40. The molecular weight excluding hydrogens is 343 g/mol. The van der Waals surface area contributed by atoms with E-state index in [9.17, 15) is 19.4 Å². The summed E-state index contributed by atoms with van der Waals surface area (Å²) in [4.78, 5) is -1.90. The average Bonchev–Trinajstić information content (AvgIpc) is 2.50. The van der Waals surface area contributed by atoms with E-state index in [0.717, 1.165) is 31.4 Å². The monoisotopic (exact) mass is 360 g/mol. The fourth-order valence-electron chi connectivity index (χ4n) is 2.08. The van der Waals surface area contributed by atoms with E-state index < -0.39 is 15.1 Å². The van der Waals surface area contributed by atoms with Gasteiger partial charge in [-0.2, -0.15) is 0 Å². The van der Waals surface area contributed by atoms with E-state index in [1.807, 2.05) is 24.3 Å². The molecule has 0 heterocycles. The zero-order valence-electron chi connectivity index (χ0n) is 13.0. The van der Waals surface area contributed by atoms with Crippen LogP contribution in [0, 0.1) is 11.8 Å². The Morgan fingerprint density at radius 3 is 1.62 bits per heavy atom. The van der Waals surface area contributed by atoms with Crippen molar-refractivity contribution >= 4 is 10.2 Å². The second kappa shape index (κ2) is 5.82. The number of benzene rings is 2. The number of rotatable bonds is 4. The smallest absolute Gasteiger partial charge is 0.0936 e. The highest BCUT2D eigenvalue weighted by Crippen LogP contribution is 3.02. The first-order valence-corrected chi connectivity index (χ1v) is 9.38. The highest BCUT2D eigenvalue weighted by molar-refractivity contribution is 8.45.